The lowest BCUT2D eigenvalue weighted by Crippen LogP contribution is -1.97. The first-order valence-electron chi connectivity index (χ1n) is 5.33. The fourth-order valence-corrected chi connectivity index (χ4v) is 1.85. The molecular weight excluding hydrogens is 214 g/mol. The van der Waals surface area contributed by atoms with Crippen molar-refractivity contribution in [1.82, 2.24) is 0 Å². The maximum Gasteiger partial charge on any atom is 0.153 e. The predicted molar refractivity (Wildman–Crippen MR) is 69.4 cm³/mol. The van der Waals surface area contributed by atoms with Gasteiger partial charge in [-0.15, -0.1) is 0 Å². The summed E-state index contributed by atoms with van der Waals surface area (Å²) < 4.78 is 10.7. The Balaban J connectivity index is 2.69. The monoisotopic (exact) mass is 229 g/mol. The first kappa shape index (κ1) is 11.3. The fraction of sp³-hybridized carbons (Fsp3) is 0.143. The summed E-state index contributed by atoms with van der Waals surface area (Å²) in [6.07, 6.45) is 0. The summed E-state index contributed by atoms with van der Waals surface area (Å²) >= 11 is 0. The SMILES string of the molecule is COc1ccc(N)c(OC)c1-c1ccccc1. The van der Waals surface area contributed by atoms with Crippen molar-refractivity contribution < 1.29 is 9.47 Å². The number of methoxy groups -OCH3 is 2. The van der Waals surface area contributed by atoms with E-state index >= 15 is 0 Å². The second kappa shape index (κ2) is 4.78. The van der Waals surface area contributed by atoms with Crippen LogP contribution in [0.3, 0.4) is 0 Å². The summed E-state index contributed by atoms with van der Waals surface area (Å²) in [5.74, 6) is 1.40. The van der Waals surface area contributed by atoms with Gasteiger partial charge in [-0.1, -0.05) is 30.3 Å². The van der Waals surface area contributed by atoms with Crippen molar-refractivity contribution >= 4 is 5.69 Å². The van der Waals surface area contributed by atoms with Crippen LogP contribution in [-0.2, 0) is 0 Å². The smallest absolute Gasteiger partial charge is 0.153 e. The molecule has 88 valence electrons. The zero-order chi connectivity index (χ0) is 12.3. The molecule has 2 aromatic carbocycles. The lowest BCUT2D eigenvalue weighted by Gasteiger charge is -2.15. The minimum absolute atomic E-state index is 0.604. The third-order valence-electron chi connectivity index (χ3n) is 2.64. The number of hydrogen-bond acceptors (Lipinski definition) is 3. The van der Waals surface area contributed by atoms with Gasteiger partial charge in [-0.2, -0.15) is 0 Å². The summed E-state index contributed by atoms with van der Waals surface area (Å²) in [4.78, 5) is 0. The average Bonchev–Trinajstić information content (AvgIpc) is 2.39. The molecule has 0 heterocycles. The van der Waals surface area contributed by atoms with Gasteiger partial charge in [-0.05, 0) is 17.7 Å². The lowest BCUT2D eigenvalue weighted by molar-refractivity contribution is 0.399. The normalized spacial score (nSPS) is 10.0. The minimum atomic E-state index is 0.604. The van der Waals surface area contributed by atoms with Crippen molar-refractivity contribution in [2.45, 2.75) is 0 Å². The number of benzene rings is 2. The number of nitrogen functional groups attached to an aromatic ring is 1. The molecule has 0 unspecified atom stereocenters. The van der Waals surface area contributed by atoms with Crippen LogP contribution in [0.5, 0.6) is 11.5 Å². The van der Waals surface area contributed by atoms with E-state index in [1.165, 1.54) is 0 Å². The van der Waals surface area contributed by atoms with Crippen molar-refractivity contribution in [3.05, 3.63) is 42.5 Å². The largest absolute Gasteiger partial charge is 0.496 e. The van der Waals surface area contributed by atoms with Gasteiger partial charge in [-0.3, -0.25) is 0 Å². The topological polar surface area (TPSA) is 44.5 Å². The summed E-state index contributed by atoms with van der Waals surface area (Å²) in [5, 5.41) is 0. The predicted octanol–water partition coefficient (Wildman–Crippen LogP) is 2.95. The van der Waals surface area contributed by atoms with Crippen LogP contribution in [0.25, 0.3) is 11.1 Å². The van der Waals surface area contributed by atoms with Gasteiger partial charge < -0.3 is 15.2 Å². The van der Waals surface area contributed by atoms with Gasteiger partial charge >= 0.3 is 0 Å². The van der Waals surface area contributed by atoms with E-state index in [0.717, 1.165) is 16.9 Å². The highest BCUT2D eigenvalue weighted by molar-refractivity contribution is 5.82. The highest BCUT2D eigenvalue weighted by atomic mass is 16.5. The van der Waals surface area contributed by atoms with Crippen molar-refractivity contribution in [3.8, 4) is 22.6 Å². The van der Waals surface area contributed by atoms with Gasteiger partial charge in [0.1, 0.15) is 5.75 Å². The molecule has 3 heteroatoms. The number of rotatable bonds is 3. The molecule has 0 aromatic heterocycles. The van der Waals surface area contributed by atoms with Crippen LogP contribution in [0, 0.1) is 0 Å². The van der Waals surface area contributed by atoms with Crippen molar-refractivity contribution in [2.24, 2.45) is 0 Å². The van der Waals surface area contributed by atoms with Crippen LogP contribution in [0.2, 0.25) is 0 Å². The molecule has 2 aromatic rings. The molecule has 0 atom stereocenters. The van der Waals surface area contributed by atoms with E-state index < -0.39 is 0 Å². The molecule has 2 rings (SSSR count). The standard InChI is InChI=1S/C14H15NO2/c1-16-12-9-8-11(15)14(17-2)13(12)10-6-4-3-5-7-10/h3-9H,15H2,1-2H3. The Morgan fingerprint density at radius 2 is 1.59 bits per heavy atom. The number of ether oxygens (including phenoxy) is 2. The Morgan fingerprint density at radius 1 is 0.882 bits per heavy atom. The van der Waals surface area contributed by atoms with Gasteiger partial charge in [0, 0.05) is 0 Å². The molecule has 0 spiro atoms. The Labute approximate surface area is 101 Å². The molecular formula is C14H15NO2. The van der Waals surface area contributed by atoms with Gasteiger partial charge in [0.15, 0.2) is 5.75 Å². The van der Waals surface area contributed by atoms with Gasteiger partial charge in [-0.25, -0.2) is 0 Å². The van der Waals surface area contributed by atoms with Crippen molar-refractivity contribution in [1.29, 1.82) is 0 Å². The van der Waals surface area contributed by atoms with Gasteiger partial charge in [0.05, 0.1) is 25.5 Å². The first-order chi connectivity index (χ1) is 8.27. The summed E-state index contributed by atoms with van der Waals surface area (Å²) in [6, 6.07) is 13.5. The van der Waals surface area contributed by atoms with E-state index in [4.69, 9.17) is 15.2 Å². The number of hydrogen-bond donors (Lipinski definition) is 1. The van der Waals surface area contributed by atoms with Crippen molar-refractivity contribution in [2.75, 3.05) is 20.0 Å². The molecule has 0 aliphatic heterocycles. The van der Waals surface area contributed by atoms with E-state index in [-0.39, 0.29) is 0 Å². The van der Waals surface area contributed by atoms with Crippen molar-refractivity contribution in [3.63, 3.8) is 0 Å². The summed E-state index contributed by atoms with van der Waals surface area (Å²) in [5.41, 5.74) is 8.42. The maximum atomic E-state index is 5.91. The molecule has 0 aliphatic rings. The van der Waals surface area contributed by atoms with E-state index in [1.54, 1.807) is 20.3 Å². The zero-order valence-corrected chi connectivity index (χ0v) is 9.94. The second-order valence-corrected chi connectivity index (χ2v) is 3.63. The van der Waals surface area contributed by atoms with E-state index in [1.807, 2.05) is 36.4 Å². The molecule has 0 bridgehead atoms. The molecule has 0 saturated heterocycles. The van der Waals surface area contributed by atoms with Gasteiger partial charge in [0.2, 0.25) is 0 Å². The Hall–Kier alpha value is -2.16. The Bertz CT molecular complexity index is 509. The third-order valence-corrected chi connectivity index (χ3v) is 2.64. The minimum Gasteiger partial charge on any atom is -0.496 e. The van der Waals surface area contributed by atoms with Crippen LogP contribution in [0.15, 0.2) is 42.5 Å². The quantitative estimate of drug-likeness (QED) is 0.823. The van der Waals surface area contributed by atoms with Crippen LogP contribution in [0.1, 0.15) is 0 Å². The Morgan fingerprint density at radius 3 is 2.18 bits per heavy atom. The Kier molecular flexibility index (Phi) is 3.19. The zero-order valence-electron chi connectivity index (χ0n) is 9.94. The molecule has 3 nitrogen and oxygen atoms in total. The average molecular weight is 229 g/mol. The van der Waals surface area contributed by atoms with Crippen LogP contribution in [-0.4, -0.2) is 14.2 Å². The molecule has 0 radical (unpaired) electrons. The van der Waals surface area contributed by atoms with Gasteiger partial charge in [0.25, 0.3) is 0 Å². The van der Waals surface area contributed by atoms with Crippen LogP contribution < -0.4 is 15.2 Å². The first-order valence-corrected chi connectivity index (χ1v) is 5.33. The maximum absolute atomic E-state index is 5.91. The van der Waals surface area contributed by atoms with E-state index in [0.29, 0.717) is 11.4 Å². The summed E-state index contributed by atoms with van der Waals surface area (Å²) in [7, 11) is 3.25. The molecule has 17 heavy (non-hydrogen) atoms. The second-order valence-electron chi connectivity index (χ2n) is 3.63. The lowest BCUT2D eigenvalue weighted by atomic mass is 10.0. The highest BCUT2D eigenvalue weighted by Crippen LogP contribution is 2.41. The number of nitrogens with two attached hydrogens (primary N) is 1. The highest BCUT2D eigenvalue weighted by Gasteiger charge is 2.14. The van der Waals surface area contributed by atoms with Crippen LogP contribution in [0.4, 0.5) is 5.69 Å². The van der Waals surface area contributed by atoms with Crippen LogP contribution >= 0.6 is 0 Å². The molecule has 0 amide bonds. The number of anilines is 1. The molecule has 0 aliphatic carbocycles. The fourth-order valence-electron chi connectivity index (χ4n) is 1.85. The molecule has 2 N–H and O–H groups in total. The van der Waals surface area contributed by atoms with E-state index in [2.05, 4.69) is 0 Å². The summed E-state index contributed by atoms with van der Waals surface area (Å²) in [6.45, 7) is 0. The molecule has 0 fully saturated rings. The third kappa shape index (κ3) is 2.04. The molecule has 0 saturated carbocycles. The van der Waals surface area contributed by atoms with E-state index in [9.17, 15) is 0 Å².